The van der Waals surface area contributed by atoms with Gasteiger partial charge in [0.25, 0.3) is 0 Å². The van der Waals surface area contributed by atoms with Crippen molar-refractivity contribution < 1.29 is 4.74 Å². The molecule has 1 saturated heterocycles. The summed E-state index contributed by atoms with van der Waals surface area (Å²) in [5.74, 6) is 0. The van der Waals surface area contributed by atoms with Gasteiger partial charge in [-0.15, -0.1) is 0 Å². The van der Waals surface area contributed by atoms with Gasteiger partial charge in [0.05, 0.1) is 13.2 Å². The molecule has 2 rings (SSSR count). The fourth-order valence-corrected chi connectivity index (χ4v) is 2.83. The fraction of sp³-hybridized carbons (Fsp3) is 0.647. The Morgan fingerprint density at radius 2 is 1.90 bits per heavy atom. The van der Waals surface area contributed by atoms with Gasteiger partial charge in [0.15, 0.2) is 0 Å². The Morgan fingerprint density at radius 1 is 1.20 bits per heavy atom. The van der Waals surface area contributed by atoms with E-state index in [9.17, 15) is 0 Å². The van der Waals surface area contributed by atoms with Crippen molar-refractivity contribution in [3.63, 3.8) is 0 Å². The number of ether oxygens (including phenoxy) is 1. The summed E-state index contributed by atoms with van der Waals surface area (Å²) >= 11 is 0. The Labute approximate surface area is 123 Å². The highest BCUT2D eigenvalue weighted by Crippen LogP contribution is 2.16. The minimum atomic E-state index is 0.183. The van der Waals surface area contributed by atoms with Gasteiger partial charge >= 0.3 is 0 Å². The Kier molecular flexibility index (Phi) is 5.19. The van der Waals surface area contributed by atoms with E-state index in [0.717, 1.165) is 39.4 Å². The fourth-order valence-electron chi connectivity index (χ4n) is 2.83. The first-order chi connectivity index (χ1) is 9.49. The van der Waals surface area contributed by atoms with E-state index >= 15 is 0 Å². The maximum atomic E-state index is 5.43. The van der Waals surface area contributed by atoms with Crippen LogP contribution in [-0.2, 0) is 11.3 Å². The van der Waals surface area contributed by atoms with Gasteiger partial charge in [0, 0.05) is 31.7 Å². The van der Waals surface area contributed by atoms with E-state index in [2.05, 4.69) is 56.1 Å². The second-order valence-electron chi connectivity index (χ2n) is 6.45. The lowest BCUT2D eigenvalue weighted by Crippen LogP contribution is -2.54. The van der Waals surface area contributed by atoms with Gasteiger partial charge in [-0.25, -0.2) is 0 Å². The molecule has 0 aromatic heterocycles. The molecule has 0 saturated carbocycles. The van der Waals surface area contributed by atoms with E-state index in [1.165, 1.54) is 16.7 Å². The van der Waals surface area contributed by atoms with Crippen LogP contribution < -0.4 is 5.32 Å². The molecule has 0 aliphatic carbocycles. The molecule has 3 nitrogen and oxygen atoms in total. The van der Waals surface area contributed by atoms with E-state index in [-0.39, 0.29) is 5.54 Å². The van der Waals surface area contributed by atoms with Crippen molar-refractivity contribution >= 4 is 0 Å². The first kappa shape index (κ1) is 15.5. The van der Waals surface area contributed by atoms with Gasteiger partial charge < -0.3 is 10.1 Å². The topological polar surface area (TPSA) is 24.5 Å². The minimum absolute atomic E-state index is 0.183. The molecule has 1 aliphatic heterocycles. The van der Waals surface area contributed by atoms with Crippen molar-refractivity contribution in [2.24, 2.45) is 0 Å². The van der Waals surface area contributed by atoms with Crippen molar-refractivity contribution in [1.82, 2.24) is 10.2 Å². The van der Waals surface area contributed by atoms with Gasteiger partial charge in [0.1, 0.15) is 0 Å². The number of morpholine rings is 1. The summed E-state index contributed by atoms with van der Waals surface area (Å²) in [5, 5.41) is 3.62. The number of benzene rings is 1. The highest BCUT2D eigenvalue weighted by molar-refractivity contribution is 5.30. The Morgan fingerprint density at radius 3 is 2.55 bits per heavy atom. The summed E-state index contributed by atoms with van der Waals surface area (Å²) in [6, 6.07) is 6.68. The van der Waals surface area contributed by atoms with Crippen LogP contribution in [0.25, 0.3) is 0 Å². The first-order valence-electron chi connectivity index (χ1n) is 7.59. The largest absolute Gasteiger partial charge is 0.379 e. The molecule has 1 aromatic carbocycles. The summed E-state index contributed by atoms with van der Waals surface area (Å²) in [7, 11) is 0. The summed E-state index contributed by atoms with van der Waals surface area (Å²) in [4.78, 5) is 2.52. The van der Waals surface area contributed by atoms with Gasteiger partial charge in [-0.1, -0.05) is 23.8 Å². The van der Waals surface area contributed by atoms with Gasteiger partial charge in [0.2, 0.25) is 0 Å². The highest BCUT2D eigenvalue weighted by Gasteiger charge is 2.27. The maximum Gasteiger partial charge on any atom is 0.0594 e. The lowest BCUT2D eigenvalue weighted by Gasteiger charge is -2.41. The molecule has 20 heavy (non-hydrogen) atoms. The predicted octanol–water partition coefficient (Wildman–Crippen LogP) is 2.50. The van der Waals surface area contributed by atoms with Crippen LogP contribution in [0.2, 0.25) is 0 Å². The first-order valence-corrected chi connectivity index (χ1v) is 7.59. The molecular weight excluding hydrogens is 248 g/mol. The number of hydrogen-bond acceptors (Lipinski definition) is 3. The van der Waals surface area contributed by atoms with E-state index in [0.29, 0.717) is 0 Å². The van der Waals surface area contributed by atoms with Crippen LogP contribution in [0.5, 0.6) is 0 Å². The molecule has 0 spiro atoms. The Hall–Kier alpha value is -0.900. The van der Waals surface area contributed by atoms with Crippen LogP contribution in [0.4, 0.5) is 0 Å². The van der Waals surface area contributed by atoms with Crippen molar-refractivity contribution in [3.05, 3.63) is 34.9 Å². The number of rotatable bonds is 5. The normalized spacial score (nSPS) is 17.4. The molecule has 0 atom stereocenters. The molecule has 1 aromatic rings. The summed E-state index contributed by atoms with van der Waals surface area (Å²) in [6.07, 6.45) is 0. The maximum absolute atomic E-state index is 5.43. The highest BCUT2D eigenvalue weighted by atomic mass is 16.5. The number of nitrogens with one attached hydrogen (secondary N) is 1. The molecular formula is C17H28N2O. The molecule has 1 N–H and O–H groups in total. The van der Waals surface area contributed by atoms with Gasteiger partial charge in [-0.3, -0.25) is 4.90 Å². The zero-order valence-electron chi connectivity index (χ0n) is 13.3. The minimum Gasteiger partial charge on any atom is -0.379 e. The molecule has 1 fully saturated rings. The third-order valence-corrected chi connectivity index (χ3v) is 4.24. The molecule has 0 radical (unpaired) electrons. The smallest absolute Gasteiger partial charge is 0.0594 e. The molecule has 112 valence electrons. The third kappa shape index (κ3) is 4.05. The Balaban J connectivity index is 1.85. The number of nitrogens with zero attached hydrogens (tertiary/aromatic N) is 1. The van der Waals surface area contributed by atoms with Gasteiger partial charge in [-0.2, -0.15) is 0 Å². The molecule has 0 bridgehead atoms. The van der Waals surface area contributed by atoms with E-state index in [1.807, 2.05) is 0 Å². The molecule has 3 heteroatoms. The van der Waals surface area contributed by atoms with Crippen molar-refractivity contribution in [3.8, 4) is 0 Å². The summed E-state index contributed by atoms with van der Waals surface area (Å²) in [6.45, 7) is 14.7. The van der Waals surface area contributed by atoms with E-state index < -0.39 is 0 Å². The second-order valence-corrected chi connectivity index (χ2v) is 6.45. The lowest BCUT2D eigenvalue weighted by atomic mass is 10.0. The van der Waals surface area contributed by atoms with Crippen LogP contribution in [-0.4, -0.2) is 43.3 Å². The van der Waals surface area contributed by atoms with Crippen LogP contribution >= 0.6 is 0 Å². The second kappa shape index (κ2) is 6.70. The molecule has 0 amide bonds. The number of aryl methyl sites for hydroxylation is 2. The zero-order chi connectivity index (χ0) is 14.6. The number of hydrogen-bond donors (Lipinski definition) is 1. The van der Waals surface area contributed by atoms with Crippen LogP contribution in [0.1, 0.15) is 30.5 Å². The average Bonchev–Trinajstić information content (AvgIpc) is 2.42. The lowest BCUT2D eigenvalue weighted by molar-refractivity contribution is -0.00967. The molecule has 0 unspecified atom stereocenters. The molecule has 1 heterocycles. The zero-order valence-corrected chi connectivity index (χ0v) is 13.3. The average molecular weight is 276 g/mol. The van der Waals surface area contributed by atoms with Crippen LogP contribution in [0.15, 0.2) is 18.2 Å². The van der Waals surface area contributed by atoms with Crippen molar-refractivity contribution in [2.75, 3.05) is 32.8 Å². The molecule has 1 aliphatic rings. The SMILES string of the molecule is Cc1ccc(CNCC(C)(C)N2CCOCC2)c(C)c1. The Bertz CT molecular complexity index is 437. The van der Waals surface area contributed by atoms with Crippen molar-refractivity contribution in [2.45, 2.75) is 39.8 Å². The van der Waals surface area contributed by atoms with Gasteiger partial charge in [-0.05, 0) is 38.8 Å². The van der Waals surface area contributed by atoms with E-state index in [1.54, 1.807) is 0 Å². The van der Waals surface area contributed by atoms with Crippen molar-refractivity contribution in [1.29, 1.82) is 0 Å². The predicted molar refractivity (Wildman–Crippen MR) is 84.1 cm³/mol. The van der Waals surface area contributed by atoms with E-state index in [4.69, 9.17) is 4.74 Å². The monoisotopic (exact) mass is 276 g/mol. The summed E-state index contributed by atoms with van der Waals surface area (Å²) in [5.41, 5.74) is 4.29. The standard InChI is InChI=1S/C17H28N2O/c1-14-5-6-16(15(2)11-14)12-18-13-17(3,4)19-7-9-20-10-8-19/h5-6,11,18H,7-10,12-13H2,1-4H3. The van der Waals surface area contributed by atoms with Crippen LogP contribution in [0, 0.1) is 13.8 Å². The quantitative estimate of drug-likeness (QED) is 0.894. The third-order valence-electron chi connectivity index (χ3n) is 4.24. The summed E-state index contributed by atoms with van der Waals surface area (Å²) < 4.78 is 5.43. The van der Waals surface area contributed by atoms with Crippen LogP contribution in [0.3, 0.4) is 0 Å².